The minimum absolute atomic E-state index is 0.249. The lowest BCUT2D eigenvalue weighted by molar-refractivity contribution is -0.119. The van der Waals surface area contributed by atoms with Crippen LogP contribution in [0.5, 0.6) is 0 Å². The van der Waals surface area contributed by atoms with Gasteiger partial charge in [-0.3, -0.25) is 10.1 Å². The molecule has 0 radical (unpaired) electrons. The molecule has 9 heteroatoms. The van der Waals surface area contributed by atoms with Crippen LogP contribution in [-0.2, 0) is 9.53 Å². The van der Waals surface area contributed by atoms with Crippen molar-refractivity contribution in [1.82, 2.24) is 15.0 Å². The number of fused-ring (bicyclic) bond motifs is 1. The highest BCUT2D eigenvalue weighted by molar-refractivity contribution is 7.14. The average molecular weight is 561 g/mol. The van der Waals surface area contributed by atoms with Crippen LogP contribution in [0.15, 0.2) is 109 Å². The number of anilines is 1. The molecule has 2 aromatic heterocycles. The summed E-state index contributed by atoms with van der Waals surface area (Å²) in [7, 11) is 0. The first kappa shape index (κ1) is 26.0. The largest absolute Gasteiger partial charge is 0.452 e. The van der Waals surface area contributed by atoms with Crippen molar-refractivity contribution in [3.63, 3.8) is 0 Å². The molecule has 0 aliphatic heterocycles. The molecule has 0 fully saturated rings. The van der Waals surface area contributed by atoms with Gasteiger partial charge in [0.2, 0.25) is 0 Å². The molecule has 0 aliphatic rings. The van der Waals surface area contributed by atoms with E-state index in [2.05, 4.69) is 10.3 Å². The van der Waals surface area contributed by atoms with Crippen molar-refractivity contribution in [3.05, 3.63) is 120 Å². The maximum Gasteiger partial charge on any atom is 0.338 e. The van der Waals surface area contributed by atoms with Crippen LogP contribution < -0.4 is 5.32 Å². The molecule has 2 heterocycles. The van der Waals surface area contributed by atoms with Crippen LogP contribution in [0, 0.1) is 5.82 Å². The predicted octanol–water partition coefficient (Wildman–Crippen LogP) is 7.02. The summed E-state index contributed by atoms with van der Waals surface area (Å²) in [6.45, 7) is -0.490. The van der Waals surface area contributed by atoms with Crippen molar-refractivity contribution in [3.8, 4) is 33.8 Å². The third-order valence-corrected chi connectivity index (χ3v) is 6.98. The predicted molar refractivity (Wildman–Crippen MR) is 157 cm³/mol. The van der Waals surface area contributed by atoms with E-state index in [-0.39, 0.29) is 11.4 Å². The molecule has 6 rings (SSSR count). The maximum atomic E-state index is 13.2. The second kappa shape index (κ2) is 11.4. The van der Waals surface area contributed by atoms with Gasteiger partial charge in [0.1, 0.15) is 5.82 Å². The van der Waals surface area contributed by atoms with E-state index in [1.807, 2.05) is 60.7 Å². The first-order valence-electron chi connectivity index (χ1n) is 12.6. The standard InChI is InChI=1S/C32H21FN4O3S/c33-24-14-11-20(12-15-24)27-19-41-32(36-27)37-28(38)18-40-31(39)23-13-16-25-26(17-23)35-30(22-9-5-2-6-10-22)29(34-25)21-7-3-1-4-8-21/h1-17,19H,18H2,(H,36,37,38). The van der Waals surface area contributed by atoms with Gasteiger partial charge in [-0.15, -0.1) is 11.3 Å². The Balaban J connectivity index is 1.18. The Kier molecular flexibility index (Phi) is 7.25. The zero-order valence-corrected chi connectivity index (χ0v) is 22.3. The van der Waals surface area contributed by atoms with Crippen molar-refractivity contribution < 1.29 is 18.7 Å². The van der Waals surface area contributed by atoms with Crippen LogP contribution in [0.3, 0.4) is 0 Å². The Morgan fingerprint density at radius 3 is 2.02 bits per heavy atom. The lowest BCUT2D eigenvalue weighted by atomic mass is 10.0. The smallest absolute Gasteiger partial charge is 0.338 e. The van der Waals surface area contributed by atoms with Crippen LogP contribution in [0.25, 0.3) is 44.8 Å². The molecule has 0 saturated heterocycles. The summed E-state index contributed by atoms with van der Waals surface area (Å²) in [5, 5.41) is 4.71. The number of amides is 1. The van der Waals surface area contributed by atoms with Gasteiger partial charge in [0.25, 0.3) is 5.91 Å². The molecule has 7 nitrogen and oxygen atoms in total. The minimum atomic E-state index is -0.664. The van der Waals surface area contributed by atoms with Gasteiger partial charge in [-0.2, -0.15) is 0 Å². The molecule has 0 aliphatic carbocycles. The molecular formula is C32H21FN4O3S. The average Bonchev–Trinajstić information content (AvgIpc) is 3.48. The zero-order chi connectivity index (χ0) is 28.2. The van der Waals surface area contributed by atoms with Gasteiger partial charge in [0.05, 0.1) is 33.7 Å². The van der Waals surface area contributed by atoms with Crippen LogP contribution >= 0.6 is 11.3 Å². The number of aromatic nitrogens is 3. The molecule has 4 aromatic carbocycles. The van der Waals surface area contributed by atoms with Crippen LogP contribution in [0.4, 0.5) is 9.52 Å². The maximum absolute atomic E-state index is 13.2. The van der Waals surface area contributed by atoms with Gasteiger partial charge < -0.3 is 4.74 Å². The number of nitrogens with zero attached hydrogens (tertiary/aromatic N) is 3. The number of hydrogen-bond acceptors (Lipinski definition) is 7. The number of nitrogens with one attached hydrogen (secondary N) is 1. The summed E-state index contributed by atoms with van der Waals surface area (Å²) >= 11 is 1.22. The number of thiazole rings is 1. The van der Waals surface area contributed by atoms with E-state index >= 15 is 0 Å². The van der Waals surface area contributed by atoms with Crippen molar-refractivity contribution in [2.45, 2.75) is 0 Å². The Bertz CT molecular complexity index is 1860. The molecule has 1 amide bonds. The number of ether oxygens (including phenoxy) is 1. The van der Waals surface area contributed by atoms with Crippen molar-refractivity contribution >= 4 is 39.4 Å². The number of hydrogen-bond donors (Lipinski definition) is 1. The molecular weight excluding hydrogens is 539 g/mol. The van der Waals surface area contributed by atoms with E-state index in [1.165, 1.54) is 23.5 Å². The van der Waals surface area contributed by atoms with Crippen LogP contribution in [-0.4, -0.2) is 33.4 Å². The number of rotatable bonds is 7. The van der Waals surface area contributed by atoms with Crippen LogP contribution in [0.1, 0.15) is 10.4 Å². The highest BCUT2D eigenvalue weighted by Crippen LogP contribution is 2.31. The second-order valence-corrected chi connectivity index (χ2v) is 9.88. The molecule has 0 bridgehead atoms. The lowest BCUT2D eigenvalue weighted by Gasteiger charge is -2.11. The fraction of sp³-hybridized carbons (Fsp3) is 0.0312. The van der Waals surface area contributed by atoms with Gasteiger partial charge in [0, 0.05) is 22.1 Å². The molecule has 1 N–H and O–H groups in total. The number of halogens is 1. The minimum Gasteiger partial charge on any atom is -0.452 e. The third-order valence-electron chi connectivity index (χ3n) is 6.22. The highest BCUT2D eigenvalue weighted by atomic mass is 32.1. The van der Waals surface area contributed by atoms with Gasteiger partial charge >= 0.3 is 5.97 Å². The van der Waals surface area contributed by atoms with Crippen molar-refractivity contribution in [1.29, 1.82) is 0 Å². The van der Waals surface area contributed by atoms with E-state index in [0.29, 0.717) is 27.6 Å². The number of benzene rings is 4. The Morgan fingerprint density at radius 1 is 0.732 bits per heavy atom. The monoisotopic (exact) mass is 560 g/mol. The van der Waals surface area contributed by atoms with Gasteiger partial charge in [0.15, 0.2) is 11.7 Å². The van der Waals surface area contributed by atoms with E-state index in [1.54, 1.807) is 35.7 Å². The van der Waals surface area contributed by atoms with E-state index in [0.717, 1.165) is 22.4 Å². The number of carbonyl (C=O) groups is 2. The zero-order valence-electron chi connectivity index (χ0n) is 21.5. The van der Waals surface area contributed by atoms with E-state index in [9.17, 15) is 14.0 Å². The van der Waals surface area contributed by atoms with Gasteiger partial charge in [-0.25, -0.2) is 24.1 Å². The molecule has 0 saturated carbocycles. The number of carbonyl (C=O) groups excluding carboxylic acids is 2. The fourth-order valence-electron chi connectivity index (χ4n) is 4.23. The topological polar surface area (TPSA) is 94.1 Å². The molecule has 200 valence electrons. The number of esters is 1. The summed E-state index contributed by atoms with van der Waals surface area (Å²) in [5.74, 6) is -1.53. The lowest BCUT2D eigenvalue weighted by Crippen LogP contribution is -2.20. The Labute approximate surface area is 238 Å². The Morgan fingerprint density at radius 2 is 1.37 bits per heavy atom. The highest BCUT2D eigenvalue weighted by Gasteiger charge is 2.16. The summed E-state index contributed by atoms with van der Waals surface area (Å²) in [6.07, 6.45) is 0. The first-order chi connectivity index (χ1) is 20.0. The van der Waals surface area contributed by atoms with E-state index < -0.39 is 18.5 Å². The fourth-order valence-corrected chi connectivity index (χ4v) is 4.97. The first-order valence-corrected chi connectivity index (χ1v) is 13.5. The summed E-state index contributed by atoms with van der Waals surface area (Å²) in [6, 6.07) is 30.4. The summed E-state index contributed by atoms with van der Waals surface area (Å²) in [4.78, 5) is 39.3. The Hall–Kier alpha value is -5.28. The van der Waals surface area contributed by atoms with Crippen molar-refractivity contribution in [2.24, 2.45) is 0 Å². The second-order valence-electron chi connectivity index (χ2n) is 9.03. The molecule has 0 spiro atoms. The summed E-state index contributed by atoms with van der Waals surface area (Å²) < 4.78 is 18.4. The normalized spacial score (nSPS) is 10.9. The van der Waals surface area contributed by atoms with Gasteiger partial charge in [-0.05, 0) is 42.5 Å². The van der Waals surface area contributed by atoms with Gasteiger partial charge in [-0.1, -0.05) is 60.7 Å². The molecule has 41 heavy (non-hydrogen) atoms. The van der Waals surface area contributed by atoms with Crippen LogP contribution in [0.2, 0.25) is 0 Å². The molecule has 6 aromatic rings. The SMILES string of the molecule is O=C(COC(=O)c1ccc2nc(-c3ccccc3)c(-c3ccccc3)nc2c1)Nc1nc(-c2ccc(F)cc2)cs1. The molecule has 0 unspecified atom stereocenters. The van der Waals surface area contributed by atoms with E-state index in [4.69, 9.17) is 14.7 Å². The molecule has 0 atom stereocenters. The quantitative estimate of drug-likeness (QED) is 0.211. The van der Waals surface area contributed by atoms with Crippen molar-refractivity contribution in [2.75, 3.05) is 11.9 Å². The summed E-state index contributed by atoms with van der Waals surface area (Å²) in [5.41, 5.74) is 5.98. The third kappa shape index (κ3) is 5.85.